The highest BCUT2D eigenvalue weighted by Gasteiger charge is 2.04. The number of hydrogen-bond donors (Lipinski definition) is 0. The second kappa shape index (κ2) is 5.82. The fourth-order valence-electron chi connectivity index (χ4n) is 1.43. The summed E-state index contributed by atoms with van der Waals surface area (Å²) < 4.78 is 10.8. The Labute approximate surface area is 105 Å². The van der Waals surface area contributed by atoms with Crippen molar-refractivity contribution in [2.45, 2.75) is 26.4 Å². The third-order valence-corrected chi connectivity index (χ3v) is 2.38. The van der Waals surface area contributed by atoms with Crippen molar-refractivity contribution in [3.63, 3.8) is 0 Å². The van der Waals surface area contributed by atoms with Gasteiger partial charge in [0.15, 0.2) is 6.61 Å². The molecule has 18 heavy (non-hydrogen) atoms. The predicted octanol–water partition coefficient (Wildman–Crippen LogP) is 2.28. The third kappa shape index (κ3) is 3.08. The van der Waals surface area contributed by atoms with Crippen molar-refractivity contribution in [3.8, 4) is 11.8 Å². The highest BCUT2D eigenvalue weighted by molar-refractivity contribution is 5.28. The normalized spacial score (nSPS) is 10.0. The van der Waals surface area contributed by atoms with Crippen molar-refractivity contribution >= 4 is 0 Å². The Morgan fingerprint density at radius 3 is 2.56 bits per heavy atom. The second-order valence-corrected chi connectivity index (χ2v) is 3.71. The first-order valence-electron chi connectivity index (χ1n) is 5.71. The molecule has 2 rings (SSSR count). The van der Waals surface area contributed by atoms with Gasteiger partial charge in [0, 0.05) is 6.42 Å². The molecule has 0 aliphatic rings. The molecule has 0 aliphatic heterocycles. The molecule has 0 bridgehead atoms. The molecule has 2 aromatic rings. The summed E-state index contributed by atoms with van der Waals surface area (Å²) in [5.41, 5.74) is 0.968. The monoisotopic (exact) mass is 243 g/mol. The van der Waals surface area contributed by atoms with E-state index in [-0.39, 0.29) is 6.61 Å². The molecule has 1 heterocycles. The number of aromatic nitrogens is 2. The topological polar surface area (TPSA) is 71.9 Å². The molecular weight excluding hydrogens is 230 g/mol. The summed E-state index contributed by atoms with van der Waals surface area (Å²) in [6, 6.07) is 9.47. The van der Waals surface area contributed by atoms with Crippen molar-refractivity contribution in [3.05, 3.63) is 41.6 Å². The van der Waals surface area contributed by atoms with Crippen LogP contribution in [0.3, 0.4) is 0 Å². The molecule has 0 saturated carbocycles. The first kappa shape index (κ1) is 12.1. The quantitative estimate of drug-likeness (QED) is 0.805. The molecule has 0 atom stereocenters. The van der Waals surface area contributed by atoms with Gasteiger partial charge in [-0.05, 0) is 17.7 Å². The minimum Gasteiger partial charge on any atom is -0.484 e. The lowest BCUT2D eigenvalue weighted by molar-refractivity contribution is 0.259. The van der Waals surface area contributed by atoms with Gasteiger partial charge >= 0.3 is 0 Å². The van der Waals surface area contributed by atoms with E-state index < -0.39 is 0 Å². The fraction of sp³-hybridized carbons (Fsp3) is 0.308. The maximum atomic E-state index is 8.56. The van der Waals surface area contributed by atoms with Crippen LogP contribution in [0.2, 0.25) is 0 Å². The first-order chi connectivity index (χ1) is 8.81. The summed E-state index contributed by atoms with van der Waals surface area (Å²) in [7, 11) is 0. The lowest BCUT2D eigenvalue weighted by atomic mass is 10.2. The average molecular weight is 243 g/mol. The molecule has 0 aliphatic carbocycles. The van der Waals surface area contributed by atoms with E-state index in [0.717, 1.165) is 12.0 Å². The lowest BCUT2D eigenvalue weighted by Gasteiger charge is -2.03. The van der Waals surface area contributed by atoms with Gasteiger partial charge in [0.2, 0.25) is 5.89 Å². The minimum absolute atomic E-state index is 0.255. The van der Waals surface area contributed by atoms with Crippen LogP contribution in [0.15, 0.2) is 28.7 Å². The smallest absolute Gasteiger partial charge is 0.253 e. The minimum atomic E-state index is 0.255. The Morgan fingerprint density at radius 1 is 1.22 bits per heavy atom. The molecule has 92 valence electrons. The van der Waals surface area contributed by atoms with E-state index in [9.17, 15) is 0 Å². The SMILES string of the molecule is CCc1nnc(COc2ccc(CC#N)cc2)o1. The molecule has 0 radical (unpaired) electrons. The van der Waals surface area contributed by atoms with E-state index in [1.54, 1.807) is 0 Å². The maximum absolute atomic E-state index is 8.56. The Balaban J connectivity index is 1.91. The van der Waals surface area contributed by atoms with E-state index in [1.165, 1.54) is 0 Å². The summed E-state index contributed by atoms with van der Waals surface area (Å²) in [6.45, 7) is 2.21. The van der Waals surface area contributed by atoms with Crippen LogP contribution in [0.1, 0.15) is 24.3 Å². The Kier molecular flexibility index (Phi) is 3.92. The van der Waals surface area contributed by atoms with Gasteiger partial charge in [-0.1, -0.05) is 19.1 Å². The van der Waals surface area contributed by atoms with Gasteiger partial charge in [0.25, 0.3) is 5.89 Å². The van der Waals surface area contributed by atoms with Crippen LogP contribution < -0.4 is 4.74 Å². The Morgan fingerprint density at radius 2 is 1.94 bits per heavy atom. The molecule has 1 aromatic carbocycles. The van der Waals surface area contributed by atoms with E-state index in [0.29, 0.717) is 24.0 Å². The number of hydrogen-bond acceptors (Lipinski definition) is 5. The van der Waals surface area contributed by atoms with Crippen molar-refractivity contribution in [1.29, 1.82) is 5.26 Å². The van der Waals surface area contributed by atoms with Crippen molar-refractivity contribution < 1.29 is 9.15 Å². The molecular formula is C13H13N3O2. The number of benzene rings is 1. The van der Waals surface area contributed by atoms with Gasteiger partial charge in [-0.15, -0.1) is 10.2 Å². The molecule has 5 nitrogen and oxygen atoms in total. The van der Waals surface area contributed by atoms with E-state index in [4.69, 9.17) is 14.4 Å². The molecule has 5 heteroatoms. The molecule has 0 spiro atoms. The molecule has 0 unspecified atom stereocenters. The predicted molar refractivity (Wildman–Crippen MR) is 63.8 cm³/mol. The van der Waals surface area contributed by atoms with Crippen LogP contribution in [0.5, 0.6) is 5.75 Å². The summed E-state index contributed by atoms with van der Waals surface area (Å²) in [5, 5.41) is 16.3. The van der Waals surface area contributed by atoms with Gasteiger partial charge in [0.1, 0.15) is 5.75 Å². The molecule has 0 N–H and O–H groups in total. The summed E-state index contributed by atoms with van der Waals surface area (Å²) in [6.07, 6.45) is 1.12. The number of aryl methyl sites for hydroxylation is 1. The summed E-state index contributed by atoms with van der Waals surface area (Å²) in [4.78, 5) is 0. The number of nitrogens with zero attached hydrogens (tertiary/aromatic N) is 3. The van der Waals surface area contributed by atoms with E-state index >= 15 is 0 Å². The van der Waals surface area contributed by atoms with Gasteiger partial charge < -0.3 is 9.15 Å². The summed E-state index contributed by atoms with van der Waals surface area (Å²) >= 11 is 0. The number of nitriles is 1. The van der Waals surface area contributed by atoms with Gasteiger partial charge in [-0.2, -0.15) is 5.26 Å². The van der Waals surface area contributed by atoms with Gasteiger partial charge in [0.05, 0.1) is 12.5 Å². The molecule has 0 amide bonds. The Bertz CT molecular complexity index is 540. The third-order valence-electron chi connectivity index (χ3n) is 2.38. The largest absolute Gasteiger partial charge is 0.484 e. The zero-order chi connectivity index (χ0) is 12.8. The van der Waals surface area contributed by atoms with Gasteiger partial charge in [-0.3, -0.25) is 0 Å². The maximum Gasteiger partial charge on any atom is 0.253 e. The molecule has 1 aromatic heterocycles. The fourth-order valence-corrected chi connectivity index (χ4v) is 1.43. The zero-order valence-corrected chi connectivity index (χ0v) is 10.1. The standard InChI is InChI=1S/C13H13N3O2/c1-2-12-15-16-13(18-12)9-17-11-5-3-10(4-6-11)7-8-14/h3-6H,2,7,9H2,1H3. The van der Waals surface area contributed by atoms with Crippen molar-refractivity contribution in [2.75, 3.05) is 0 Å². The number of rotatable bonds is 5. The summed E-state index contributed by atoms with van der Waals surface area (Å²) in [5.74, 6) is 1.79. The van der Waals surface area contributed by atoms with E-state index in [2.05, 4.69) is 16.3 Å². The van der Waals surface area contributed by atoms with Crippen LogP contribution >= 0.6 is 0 Å². The van der Waals surface area contributed by atoms with Crippen LogP contribution in [-0.2, 0) is 19.4 Å². The average Bonchev–Trinajstić information content (AvgIpc) is 2.86. The van der Waals surface area contributed by atoms with Crippen molar-refractivity contribution in [2.24, 2.45) is 0 Å². The van der Waals surface area contributed by atoms with E-state index in [1.807, 2.05) is 31.2 Å². The molecule has 0 fully saturated rings. The first-order valence-corrected chi connectivity index (χ1v) is 5.71. The van der Waals surface area contributed by atoms with Crippen LogP contribution in [0, 0.1) is 11.3 Å². The number of ether oxygens (including phenoxy) is 1. The molecule has 0 saturated heterocycles. The van der Waals surface area contributed by atoms with Crippen LogP contribution in [-0.4, -0.2) is 10.2 Å². The van der Waals surface area contributed by atoms with Crippen LogP contribution in [0.4, 0.5) is 0 Å². The second-order valence-electron chi connectivity index (χ2n) is 3.71. The highest BCUT2D eigenvalue weighted by Crippen LogP contribution is 2.14. The zero-order valence-electron chi connectivity index (χ0n) is 10.1. The van der Waals surface area contributed by atoms with Crippen LogP contribution in [0.25, 0.3) is 0 Å². The lowest BCUT2D eigenvalue weighted by Crippen LogP contribution is -1.95. The Hall–Kier alpha value is -2.35. The van der Waals surface area contributed by atoms with Gasteiger partial charge in [-0.25, -0.2) is 0 Å². The highest BCUT2D eigenvalue weighted by atomic mass is 16.5. The van der Waals surface area contributed by atoms with Crippen molar-refractivity contribution in [1.82, 2.24) is 10.2 Å².